The largest absolute Gasteiger partial charge is 0.481 e. The summed E-state index contributed by atoms with van der Waals surface area (Å²) in [5.41, 5.74) is -1.68. The number of carbonyl (C=O) groups is 3. The Morgan fingerprint density at radius 2 is 2.11 bits per heavy atom. The Hall–Kier alpha value is -1.93. The van der Waals surface area contributed by atoms with Gasteiger partial charge in [0.15, 0.2) is 0 Å². The standard InChI is InChI=1S/C20H30N2O6/c1-6-9-21(19(3,4)5)17(25)15-20-8-7-12(28-20)13(18(26)27)14(20)16(24)22(15)11(2)10-23/h6,11-15,23H,1,7-10H2,2-5H3,(H,26,27)/t11-,12+,13-,14+,15?,20?/m1/s1. The van der Waals surface area contributed by atoms with Crippen LogP contribution in [0.4, 0.5) is 0 Å². The number of hydrogen-bond donors (Lipinski definition) is 2. The third-order valence-corrected chi connectivity index (χ3v) is 6.38. The molecule has 3 aliphatic rings. The molecule has 8 nitrogen and oxygen atoms in total. The van der Waals surface area contributed by atoms with Crippen LogP contribution >= 0.6 is 0 Å². The highest BCUT2D eigenvalue weighted by molar-refractivity contribution is 5.98. The fourth-order valence-electron chi connectivity index (χ4n) is 5.19. The molecule has 3 saturated heterocycles. The first kappa shape index (κ1) is 20.8. The fourth-order valence-corrected chi connectivity index (χ4v) is 5.19. The first-order chi connectivity index (χ1) is 13.0. The van der Waals surface area contributed by atoms with Crippen LogP contribution < -0.4 is 0 Å². The molecular weight excluding hydrogens is 364 g/mol. The molecule has 2 bridgehead atoms. The molecule has 0 radical (unpaired) electrons. The molecule has 3 aliphatic heterocycles. The molecule has 0 aromatic heterocycles. The number of aliphatic carboxylic acids is 1. The quantitative estimate of drug-likeness (QED) is 0.640. The number of rotatable bonds is 6. The predicted octanol–water partition coefficient (Wildman–Crippen LogP) is 0.640. The predicted molar refractivity (Wildman–Crippen MR) is 100 cm³/mol. The Morgan fingerprint density at radius 3 is 2.61 bits per heavy atom. The van der Waals surface area contributed by atoms with Crippen LogP contribution in [-0.2, 0) is 19.1 Å². The van der Waals surface area contributed by atoms with Crippen molar-refractivity contribution in [2.24, 2.45) is 11.8 Å². The topological polar surface area (TPSA) is 107 Å². The Bertz CT molecular complexity index is 701. The second-order valence-electron chi connectivity index (χ2n) is 9.08. The Morgan fingerprint density at radius 1 is 1.46 bits per heavy atom. The molecule has 0 aromatic carbocycles. The van der Waals surface area contributed by atoms with Crippen molar-refractivity contribution in [3.63, 3.8) is 0 Å². The lowest BCUT2D eigenvalue weighted by molar-refractivity contribution is -0.155. The van der Waals surface area contributed by atoms with Gasteiger partial charge in [0, 0.05) is 12.1 Å². The molecule has 3 rings (SSSR count). The van der Waals surface area contributed by atoms with Crippen LogP contribution in [0.2, 0.25) is 0 Å². The van der Waals surface area contributed by atoms with Crippen LogP contribution in [0.1, 0.15) is 40.5 Å². The van der Waals surface area contributed by atoms with E-state index in [2.05, 4.69) is 6.58 Å². The summed E-state index contributed by atoms with van der Waals surface area (Å²) in [6.07, 6.45) is 2.02. The van der Waals surface area contributed by atoms with Crippen molar-refractivity contribution in [3.8, 4) is 0 Å². The van der Waals surface area contributed by atoms with E-state index in [0.29, 0.717) is 19.4 Å². The molecule has 2 unspecified atom stereocenters. The summed E-state index contributed by atoms with van der Waals surface area (Å²) in [6.45, 7) is 11.0. The Labute approximate surface area is 165 Å². The van der Waals surface area contributed by atoms with Crippen molar-refractivity contribution in [3.05, 3.63) is 12.7 Å². The van der Waals surface area contributed by atoms with Gasteiger partial charge >= 0.3 is 5.97 Å². The first-order valence-electron chi connectivity index (χ1n) is 9.77. The van der Waals surface area contributed by atoms with Crippen molar-refractivity contribution < 1.29 is 29.3 Å². The average molecular weight is 394 g/mol. The third kappa shape index (κ3) is 2.76. The number of amides is 2. The molecule has 1 spiro atoms. The number of carbonyl (C=O) groups excluding carboxylic acids is 2. The SMILES string of the molecule is C=CCN(C(=O)C1N([C@H](C)CO)C(=O)[C@@H]2[C@H](C(=O)O)[C@@H]3CCC12O3)C(C)(C)C. The normalized spacial score (nSPS) is 35.0. The van der Waals surface area contributed by atoms with Crippen LogP contribution in [-0.4, -0.2) is 80.3 Å². The number of hydrogen-bond acceptors (Lipinski definition) is 5. The smallest absolute Gasteiger partial charge is 0.310 e. The molecule has 2 N–H and O–H groups in total. The average Bonchev–Trinajstić information content (AvgIpc) is 3.24. The number of ether oxygens (including phenoxy) is 1. The van der Waals surface area contributed by atoms with E-state index < -0.39 is 53.0 Å². The van der Waals surface area contributed by atoms with E-state index >= 15 is 0 Å². The summed E-state index contributed by atoms with van der Waals surface area (Å²) in [6, 6.07) is -1.58. The number of likely N-dealkylation sites (tertiary alicyclic amines) is 1. The highest BCUT2D eigenvalue weighted by Crippen LogP contribution is 2.59. The highest BCUT2D eigenvalue weighted by atomic mass is 16.5. The van der Waals surface area contributed by atoms with Gasteiger partial charge in [0.25, 0.3) is 0 Å². The molecule has 6 atom stereocenters. The Kier molecular flexibility index (Phi) is 5.08. The Balaban J connectivity index is 2.11. The number of carboxylic acids is 1. The number of aliphatic hydroxyl groups is 1. The van der Waals surface area contributed by atoms with Crippen LogP contribution in [0.15, 0.2) is 12.7 Å². The first-order valence-corrected chi connectivity index (χ1v) is 9.77. The second-order valence-corrected chi connectivity index (χ2v) is 9.08. The molecule has 0 saturated carbocycles. The maximum absolute atomic E-state index is 13.7. The van der Waals surface area contributed by atoms with E-state index in [9.17, 15) is 24.6 Å². The van der Waals surface area contributed by atoms with Crippen LogP contribution in [0.3, 0.4) is 0 Å². The van der Waals surface area contributed by atoms with Gasteiger partial charge in [0.05, 0.1) is 30.6 Å². The third-order valence-electron chi connectivity index (χ3n) is 6.38. The van der Waals surface area contributed by atoms with Gasteiger partial charge < -0.3 is 24.7 Å². The lowest BCUT2D eigenvalue weighted by atomic mass is 9.70. The van der Waals surface area contributed by atoms with Gasteiger partial charge in [-0.05, 0) is 40.5 Å². The lowest BCUT2D eigenvalue weighted by Gasteiger charge is -2.43. The van der Waals surface area contributed by atoms with Gasteiger partial charge in [-0.1, -0.05) is 6.08 Å². The lowest BCUT2D eigenvalue weighted by Crippen LogP contribution is -2.61. The zero-order valence-electron chi connectivity index (χ0n) is 16.9. The zero-order valence-corrected chi connectivity index (χ0v) is 16.9. The maximum atomic E-state index is 13.7. The van der Waals surface area contributed by atoms with E-state index in [4.69, 9.17) is 4.74 Å². The number of carboxylic acid groups (broad SMARTS) is 1. The van der Waals surface area contributed by atoms with Gasteiger partial charge in [-0.2, -0.15) is 0 Å². The van der Waals surface area contributed by atoms with Crippen molar-refractivity contribution >= 4 is 17.8 Å². The van der Waals surface area contributed by atoms with Gasteiger partial charge in [-0.15, -0.1) is 6.58 Å². The molecule has 156 valence electrons. The number of aliphatic hydroxyl groups excluding tert-OH is 1. The van der Waals surface area contributed by atoms with E-state index in [1.807, 2.05) is 20.8 Å². The van der Waals surface area contributed by atoms with Gasteiger partial charge in [0.1, 0.15) is 11.6 Å². The van der Waals surface area contributed by atoms with Crippen molar-refractivity contribution in [1.82, 2.24) is 9.80 Å². The van der Waals surface area contributed by atoms with E-state index in [1.165, 1.54) is 4.90 Å². The zero-order chi connectivity index (χ0) is 21.0. The molecule has 0 aromatic rings. The summed E-state index contributed by atoms with van der Waals surface area (Å²) >= 11 is 0. The van der Waals surface area contributed by atoms with E-state index in [0.717, 1.165) is 0 Å². The second kappa shape index (κ2) is 6.84. The minimum atomic E-state index is -1.16. The molecule has 28 heavy (non-hydrogen) atoms. The molecular formula is C20H30N2O6. The minimum absolute atomic E-state index is 0.293. The van der Waals surface area contributed by atoms with Crippen LogP contribution in [0.5, 0.6) is 0 Å². The molecule has 0 aliphatic carbocycles. The molecule has 3 fully saturated rings. The van der Waals surface area contributed by atoms with Crippen molar-refractivity contribution in [1.29, 1.82) is 0 Å². The van der Waals surface area contributed by atoms with Gasteiger partial charge in [-0.3, -0.25) is 14.4 Å². The summed E-state index contributed by atoms with van der Waals surface area (Å²) < 4.78 is 6.13. The monoisotopic (exact) mass is 394 g/mol. The fraction of sp³-hybridized carbons (Fsp3) is 0.750. The van der Waals surface area contributed by atoms with E-state index in [-0.39, 0.29) is 12.5 Å². The summed E-state index contributed by atoms with van der Waals surface area (Å²) in [5, 5.41) is 19.4. The summed E-state index contributed by atoms with van der Waals surface area (Å²) in [5.74, 6) is -3.65. The van der Waals surface area contributed by atoms with Crippen LogP contribution in [0, 0.1) is 11.8 Å². The summed E-state index contributed by atoms with van der Waals surface area (Å²) in [4.78, 5) is 41.9. The minimum Gasteiger partial charge on any atom is -0.481 e. The van der Waals surface area contributed by atoms with Gasteiger partial charge in [0.2, 0.25) is 11.8 Å². The number of nitrogens with zero attached hydrogens (tertiary/aromatic N) is 2. The summed E-state index contributed by atoms with van der Waals surface area (Å²) in [7, 11) is 0. The molecule has 2 amide bonds. The van der Waals surface area contributed by atoms with Crippen molar-refractivity contribution in [2.75, 3.05) is 13.2 Å². The number of fused-ring (bicyclic) bond motifs is 1. The van der Waals surface area contributed by atoms with Crippen molar-refractivity contribution in [2.45, 2.75) is 69.9 Å². The highest BCUT2D eigenvalue weighted by Gasteiger charge is 2.75. The van der Waals surface area contributed by atoms with Crippen LogP contribution in [0.25, 0.3) is 0 Å². The van der Waals surface area contributed by atoms with E-state index in [1.54, 1.807) is 17.9 Å². The molecule has 3 heterocycles. The van der Waals surface area contributed by atoms with Gasteiger partial charge in [-0.25, -0.2) is 0 Å². The molecule has 8 heteroatoms. The maximum Gasteiger partial charge on any atom is 0.310 e.